The fourth-order valence-electron chi connectivity index (χ4n) is 2.04. The molecule has 1 fully saturated rings. The highest BCUT2D eigenvalue weighted by atomic mass is 32.2. The summed E-state index contributed by atoms with van der Waals surface area (Å²) in [6, 6.07) is 7.99. The lowest BCUT2D eigenvalue weighted by Gasteiger charge is -2.11. The maximum atomic E-state index is 11.6. The molecule has 1 aliphatic heterocycles. The van der Waals surface area contributed by atoms with Crippen molar-refractivity contribution < 1.29 is 18.0 Å². The number of hydrogen-bond acceptors (Lipinski definition) is 4. The smallest absolute Gasteiger partial charge is 0.319 e. The average molecular weight is 311 g/mol. The molecular weight excluding hydrogens is 294 g/mol. The lowest BCUT2D eigenvalue weighted by Crippen LogP contribution is -2.43. The Labute approximate surface area is 123 Å². The van der Waals surface area contributed by atoms with Gasteiger partial charge in [-0.25, -0.2) is 13.2 Å². The Hall–Kier alpha value is -2.09. The molecule has 1 saturated heterocycles. The first-order valence-electron chi connectivity index (χ1n) is 6.54. The van der Waals surface area contributed by atoms with Crippen molar-refractivity contribution in [3.8, 4) is 0 Å². The summed E-state index contributed by atoms with van der Waals surface area (Å²) in [5.74, 6) is -0.338. The minimum absolute atomic E-state index is 0.0328. The van der Waals surface area contributed by atoms with Crippen LogP contribution in [0.4, 0.5) is 10.5 Å². The van der Waals surface area contributed by atoms with Gasteiger partial charge in [-0.15, -0.1) is 0 Å². The zero-order valence-electron chi connectivity index (χ0n) is 11.3. The lowest BCUT2D eigenvalue weighted by atomic mass is 10.2. The number of carbonyl (C=O) groups is 2. The molecule has 1 atom stereocenters. The molecule has 1 aromatic carbocycles. The molecule has 0 unspecified atom stereocenters. The Morgan fingerprint density at radius 2 is 1.90 bits per heavy atom. The number of amides is 3. The van der Waals surface area contributed by atoms with Crippen molar-refractivity contribution >= 4 is 27.5 Å². The van der Waals surface area contributed by atoms with Gasteiger partial charge in [0.05, 0.1) is 18.1 Å². The monoisotopic (exact) mass is 311 g/mol. The van der Waals surface area contributed by atoms with E-state index in [1.165, 1.54) is 0 Å². The SMILES string of the molecule is O=C(CNC(=O)Nc1ccccc1)N[C@H]1CCS(=O)(=O)C1. The number of anilines is 1. The molecule has 21 heavy (non-hydrogen) atoms. The third kappa shape index (κ3) is 5.07. The van der Waals surface area contributed by atoms with Crippen molar-refractivity contribution in [1.29, 1.82) is 0 Å². The molecule has 2 rings (SSSR count). The van der Waals surface area contributed by atoms with E-state index in [-0.39, 0.29) is 24.1 Å². The van der Waals surface area contributed by atoms with Crippen LogP contribution in [0.1, 0.15) is 6.42 Å². The van der Waals surface area contributed by atoms with E-state index in [1.807, 2.05) is 6.07 Å². The van der Waals surface area contributed by atoms with Gasteiger partial charge in [0.15, 0.2) is 9.84 Å². The van der Waals surface area contributed by atoms with E-state index in [4.69, 9.17) is 0 Å². The molecule has 1 aliphatic rings. The van der Waals surface area contributed by atoms with Gasteiger partial charge < -0.3 is 16.0 Å². The van der Waals surface area contributed by atoms with Crippen LogP contribution in [0.5, 0.6) is 0 Å². The van der Waals surface area contributed by atoms with Crippen molar-refractivity contribution in [2.24, 2.45) is 0 Å². The number of para-hydroxylation sites is 1. The summed E-state index contributed by atoms with van der Waals surface area (Å²) in [6.07, 6.45) is 0.421. The van der Waals surface area contributed by atoms with E-state index in [1.54, 1.807) is 24.3 Å². The first-order valence-corrected chi connectivity index (χ1v) is 8.36. The third-order valence-electron chi connectivity index (χ3n) is 3.04. The molecule has 0 aliphatic carbocycles. The fraction of sp³-hybridized carbons (Fsp3) is 0.385. The van der Waals surface area contributed by atoms with Crippen LogP contribution in [0.2, 0.25) is 0 Å². The molecule has 3 N–H and O–H groups in total. The van der Waals surface area contributed by atoms with Gasteiger partial charge in [0.1, 0.15) is 0 Å². The highest BCUT2D eigenvalue weighted by Gasteiger charge is 2.28. The number of nitrogens with one attached hydrogen (secondary N) is 3. The molecule has 7 nitrogen and oxygen atoms in total. The van der Waals surface area contributed by atoms with Gasteiger partial charge in [-0.05, 0) is 18.6 Å². The van der Waals surface area contributed by atoms with Crippen LogP contribution >= 0.6 is 0 Å². The minimum atomic E-state index is -3.03. The Morgan fingerprint density at radius 3 is 2.52 bits per heavy atom. The molecule has 3 amide bonds. The van der Waals surface area contributed by atoms with E-state index in [0.717, 1.165) is 0 Å². The standard InChI is InChI=1S/C13H17N3O4S/c17-12(15-11-6-7-21(19,20)9-11)8-14-13(18)16-10-4-2-1-3-5-10/h1-5,11H,6-9H2,(H,15,17)(H2,14,16,18)/t11-/m0/s1. The fourth-order valence-corrected chi connectivity index (χ4v) is 3.72. The van der Waals surface area contributed by atoms with Crippen molar-refractivity contribution in [3.05, 3.63) is 30.3 Å². The van der Waals surface area contributed by atoms with Crippen LogP contribution in [-0.2, 0) is 14.6 Å². The molecule has 0 radical (unpaired) electrons. The number of sulfone groups is 1. The Bertz CT molecular complexity index is 616. The van der Waals surface area contributed by atoms with Gasteiger partial charge in [0, 0.05) is 11.7 Å². The van der Waals surface area contributed by atoms with Crippen molar-refractivity contribution in [1.82, 2.24) is 10.6 Å². The van der Waals surface area contributed by atoms with Crippen molar-refractivity contribution in [2.45, 2.75) is 12.5 Å². The zero-order chi connectivity index (χ0) is 15.3. The predicted molar refractivity (Wildman–Crippen MR) is 78.7 cm³/mol. The molecule has 1 aromatic rings. The maximum absolute atomic E-state index is 11.6. The second kappa shape index (κ2) is 6.57. The highest BCUT2D eigenvalue weighted by Crippen LogP contribution is 2.10. The van der Waals surface area contributed by atoms with Crippen LogP contribution in [0, 0.1) is 0 Å². The lowest BCUT2D eigenvalue weighted by molar-refractivity contribution is -0.120. The molecule has 0 spiro atoms. The molecular formula is C13H17N3O4S. The van der Waals surface area contributed by atoms with Gasteiger partial charge in [-0.2, -0.15) is 0 Å². The highest BCUT2D eigenvalue weighted by molar-refractivity contribution is 7.91. The zero-order valence-corrected chi connectivity index (χ0v) is 12.2. The van der Waals surface area contributed by atoms with Gasteiger partial charge in [-0.1, -0.05) is 18.2 Å². The van der Waals surface area contributed by atoms with Crippen LogP contribution in [-0.4, -0.2) is 44.4 Å². The second-order valence-corrected chi connectivity index (χ2v) is 7.07. The maximum Gasteiger partial charge on any atom is 0.319 e. The van der Waals surface area contributed by atoms with Gasteiger partial charge in [0.2, 0.25) is 5.91 Å². The summed E-state index contributed by atoms with van der Waals surface area (Å²) in [6.45, 7) is -0.199. The normalized spacial score (nSPS) is 19.7. The van der Waals surface area contributed by atoms with Gasteiger partial charge in [-0.3, -0.25) is 4.79 Å². The minimum Gasteiger partial charge on any atom is -0.351 e. The molecule has 1 heterocycles. The van der Waals surface area contributed by atoms with Gasteiger partial charge in [0.25, 0.3) is 0 Å². The number of urea groups is 1. The molecule has 8 heteroatoms. The van der Waals surface area contributed by atoms with E-state index in [9.17, 15) is 18.0 Å². The summed E-state index contributed by atoms with van der Waals surface area (Å²) >= 11 is 0. The van der Waals surface area contributed by atoms with Crippen molar-refractivity contribution in [2.75, 3.05) is 23.4 Å². The number of benzene rings is 1. The Balaban J connectivity index is 1.70. The quantitative estimate of drug-likeness (QED) is 0.734. The van der Waals surface area contributed by atoms with Crippen LogP contribution < -0.4 is 16.0 Å². The largest absolute Gasteiger partial charge is 0.351 e. The van der Waals surface area contributed by atoms with Crippen molar-refractivity contribution in [3.63, 3.8) is 0 Å². The van der Waals surface area contributed by atoms with E-state index < -0.39 is 21.8 Å². The second-order valence-electron chi connectivity index (χ2n) is 4.84. The Kier molecular flexibility index (Phi) is 4.79. The third-order valence-corrected chi connectivity index (χ3v) is 4.81. The predicted octanol–water partition coefficient (Wildman–Crippen LogP) is 0.111. The summed E-state index contributed by atoms with van der Waals surface area (Å²) < 4.78 is 22.5. The average Bonchev–Trinajstić information content (AvgIpc) is 2.77. The number of carbonyl (C=O) groups excluding carboxylic acids is 2. The van der Waals surface area contributed by atoms with E-state index in [0.29, 0.717) is 12.1 Å². The van der Waals surface area contributed by atoms with E-state index >= 15 is 0 Å². The summed E-state index contributed by atoms with van der Waals surface area (Å²) in [7, 11) is -3.03. The summed E-state index contributed by atoms with van der Waals surface area (Å²) in [4.78, 5) is 23.2. The summed E-state index contributed by atoms with van der Waals surface area (Å²) in [5, 5.41) is 7.59. The van der Waals surface area contributed by atoms with Crippen LogP contribution in [0.15, 0.2) is 30.3 Å². The first-order chi connectivity index (χ1) is 9.94. The molecule has 0 aromatic heterocycles. The Morgan fingerprint density at radius 1 is 1.19 bits per heavy atom. The van der Waals surface area contributed by atoms with Crippen LogP contribution in [0.25, 0.3) is 0 Å². The van der Waals surface area contributed by atoms with Crippen LogP contribution in [0.3, 0.4) is 0 Å². The number of hydrogen-bond donors (Lipinski definition) is 3. The first kappa shape index (κ1) is 15.3. The van der Waals surface area contributed by atoms with Gasteiger partial charge >= 0.3 is 6.03 Å². The molecule has 114 valence electrons. The summed E-state index contributed by atoms with van der Waals surface area (Å²) in [5.41, 5.74) is 0.622. The molecule has 0 bridgehead atoms. The molecule has 0 saturated carbocycles. The number of rotatable bonds is 4. The van der Waals surface area contributed by atoms with E-state index in [2.05, 4.69) is 16.0 Å². The topological polar surface area (TPSA) is 104 Å².